The van der Waals surface area contributed by atoms with Gasteiger partial charge in [0.2, 0.25) is 0 Å². The summed E-state index contributed by atoms with van der Waals surface area (Å²) in [5.74, 6) is 0. The lowest BCUT2D eigenvalue weighted by Crippen LogP contribution is -2.35. The molecule has 0 heterocycles. The molecule has 0 bridgehead atoms. The number of aryl methyl sites for hydroxylation is 2. The second kappa shape index (κ2) is 6.67. The second-order valence-corrected chi connectivity index (χ2v) is 7.73. The fourth-order valence-corrected chi connectivity index (χ4v) is 2.97. The van der Waals surface area contributed by atoms with Crippen LogP contribution in [0.4, 0.5) is 0 Å². The van der Waals surface area contributed by atoms with E-state index >= 15 is 0 Å². The van der Waals surface area contributed by atoms with Crippen LogP contribution >= 0.6 is 11.8 Å². The minimum Gasteiger partial charge on any atom is -0.308 e. The predicted molar refractivity (Wildman–Crippen MR) is 93.1 cm³/mol. The van der Waals surface area contributed by atoms with Crippen LogP contribution in [0.25, 0.3) is 0 Å². The zero-order valence-corrected chi connectivity index (χ0v) is 14.5. The maximum absolute atomic E-state index is 3.52. The molecule has 2 aromatic carbocycles. The third-order valence-corrected chi connectivity index (χ3v) is 4.49. The van der Waals surface area contributed by atoms with Crippen molar-refractivity contribution < 1.29 is 0 Å². The van der Waals surface area contributed by atoms with Gasteiger partial charge >= 0.3 is 0 Å². The highest BCUT2D eigenvalue weighted by atomic mass is 32.2. The van der Waals surface area contributed by atoms with Gasteiger partial charge in [0.1, 0.15) is 0 Å². The van der Waals surface area contributed by atoms with E-state index in [2.05, 4.69) is 82.4 Å². The van der Waals surface area contributed by atoms with E-state index in [0.29, 0.717) is 0 Å². The monoisotopic (exact) mass is 299 g/mol. The van der Waals surface area contributed by atoms with Crippen LogP contribution in [0.3, 0.4) is 0 Å². The Bertz CT molecular complexity index is 594. The average molecular weight is 299 g/mol. The summed E-state index contributed by atoms with van der Waals surface area (Å²) in [5, 5.41) is 3.52. The van der Waals surface area contributed by atoms with Crippen LogP contribution in [-0.2, 0) is 6.54 Å². The molecule has 0 unspecified atom stereocenters. The van der Waals surface area contributed by atoms with E-state index in [-0.39, 0.29) is 5.54 Å². The first-order chi connectivity index (χ1) is 9.83. The van der Waals surface area contributed by atoms with Crippen molar-refractivity contribution >= 4 is 11.8 Å². The molecule has 2 aromatic rings. The lowest BCUT2D eigenvalue weighted by Gasteiger charge is -2.20. The van der Waals surface area contributed by atoms with E-state index in [9.17, 15) is 0 Å². The molecule has 1 N–H and O–H groups in total. The van der Waals surface area contributed by atoms with Gasteiger partial charge in [-0.05, 0) is 63.9 Å². The molecule has 2 rings (SSSR count). The van der Waals surface area contributed by atoms with E-state index in [1.165, 1.54) is 26.5 Å². The molecule has 0 aliphatic carbocycles. The van der Waals surface area contributed by atoms with Gasteiger partial charge < -0.3 is 5.32 Å². The Morgan fingerprint density at radius 1 is 0.952 bits per heavy atom. The molecule has 0 saturated carbocycles. The van der Waals surface area contributed by atoms with E-state index in [1.807, 2.05) is 11.8 Å². The van der Waals surface area contributed by atoms with E-state index in [0.717, 1.165) is 6.54 Å². The number of nitrogens with one attached hydrogen (secondary N) is 1. The van der Waals surface area contributed by atoms with Gasteiger partial charge in [-0.25, -0.2) is 0 Å². The topological polar surface area (TPSA) is 12.0 Å². The number of rotatable bonds is 4. The number of hydrogen-bond donors (Lipinski definition) is 1. The summed E-state index contributed by atoms with van der Waals surface area (Å²) in [4.78, 5) is 2.63. The van der Waals surface area contributed by atoms with Crippen molar-refractivity contribution in [1.82, 2.24) is 5.32 Å². The zero-order chi connectivity index (χ0) is 15.5. The van der Waals surface area contributed by atoms with Crippen LogP contribution in [0.1, 0.15) is 37.5 Å². The van der Waals surface area contributed by atoms with Gasteiger partial charge in [0.05, 0.1) is 0 Å². The molecule has 0 saturated heterocycles. The molecule has 0 aliphatic heterocycles. The van der Waals surface area contributed by atoms with Crippen molar-refractivity contribution in [3.63, 3.8) is 0 Å². The molecule has 0 aliphatic rings. The van der Waals surface area contributed by atoms with Gasteiger partial charge in [-0.15, -0.1) is 0 Å². The molecule has 0 spiro atoms. The number of benzene rings is 2. The lowest BCUT2D eigenvalue weighted by molar-refractivity contribution is 0.424. The molecular formula is C19H25NS. The third kappa shape index (κ3) is 5.22. The fourth-order valence-electron chi connectivity index (χ4n) is 2.08. The standard InChI is InChI=1S/C19H25NS/c1-14-6-11-18(15(2)12-14)21-17-9-7-16(8-10-17)13-20-19(3,4)5/h6-12,20H,13H2,1-5H3. The molecule has 0 aromatic heterocycles. The fraction of sp³-hybridized carbons (Fsp3) is 0.368. The summed E-state index contributed by atoms with van der Waals surface area (Å²) in [6.07, 6.45) is 0. The van der Waals surface area contributed by atoms with Crippen LogP contribution in [-0.4, -0.2) is 5.54 Å². The summed E-state index contributed by atoms with van der Waals surface area (Å²) in [6, 6.07) is 15.5. The van der Waals surface area contributed by atoms with Crippen LogP contribution in [0.2, 0.25) is 0 Å². The zero-order valence-electron chi connectivity index (χ0n) is 13.7. The van der Waals surface area contributed by atoms with Crippen LogP contribution < -0.4 is 5.32 Å². The molecule has 1 nitrogen and oxygen atoms in total. The second-order valence-electron chi connectivity index (χ2n) is 6.62. The summed E-state index contributed by atoms with van der Waals surface area (Å²) in [6.45, 7) is 11.8. The highest BCUT2D eigenvalue weighted by Crippen LogP contribution is 2.30. The van der Waals surface area contributed by atoms with Crippen molar-refractivity contribution in [2.45, 2.75) is 56.5 Å². The molecular weight excluding hydrogens is 274 g/mol. The van der Waals surface area contributed by atoms with Crippen LogP contribution in [0.15, 0.2) is 52.3 Å². The van der Waals surface area contributed by atoms with Crippen molar-refractivity contribution in [3.05, 3.63) is 59.2 Å². The normalized spacial score (nSPS) is 11.7. The van der Waals surface area contributed by atoms with E-state index < -0.39 is 0 Å². The third-order valence-electron chi connectivity index (χ3n) is 3.30. The Kier molecular flexibility index (Phi) is 5.13. The Labute approximate surface area is 133 Å². The first-order valence-corrected chi connectivity index (χ1v) is 8.24. The van der Waals surface area contributed by atoms with Gasteiger partial charge in [0.15, 0.2) is 0 Å². The molecule has 112 valence electrons. The largest absolute Gasteiger partial charge is 0.308 e. The molecule has 0 atom stereocenters. The van der Waals surface area contributed by atoms with E-state index in [4.69, 9.17) is 0 Å². The maximum Gasteiger partial charge on any atom is 0.0210 e. The smallest absolute Gasteiger partial charge is 0.0210 e. The first kappa shape index (κ1) is 16.1. The summed E-state index contributed by atoms with van der Waals surface area (Å²) >= 11 is 1.83. The van der Waals surface area contributed by atoms with Crippen molar-refractivity contribution in [1.29, 1.82) is 0 Å². The summed E-state index contributed by atoms with van der Waals surface area (Å²) in [5.41, 5.74) is 4.15. The first-order valence-electron chi connectivity index (χ1n) is 7.42. The highest BCUT2D eigenvalue weighted by Gasteiger charge is 2.08. The van der Waals surface area contributed by atoms with E-state index in [1.54, 1.807) is 0 Å². The van der Waals surface area contributed by atoms with Crippen LogP contribution in [0, 0.1) is 13.8 Å². The van der Waals surface area contributed by atoms with Gasteiger partial charge in [0, 0.05) is 21.9 Å². The molecule has 0 fully saturated rings. The Morgan fingerprint density at radius 2 is 1.62 bits per heavy atom. The summed E-state index contributed by atoms with van der Waals surface area (Å²) in [7, 11) is 0. The molecule has 2 heteroatoms. The average Bonchev–Trinajstić information content (AvgIpc) is 2.40. The Hall–Kier alpha value is -1.25. The minimum atomic E-state index is 0.159. The Balaban J connectivity index is 2.02. The van der Waals surface area contributed by atoms with Gasteiger partial charge in [-0.2, -0.15) is 0 Å². The van der Waals surface area contributed by atoms with Crippen LogP contribution in [0.5, 0.6) is 0 Å². The SMILES string of the molecule is Cc1ccc(Sc2ccc(CNC(C)(C)C)cc2)c(C)c1. The van der Waals surface area contributed by atoms with Gasteiger partial charge in [-0.1, -0.05) is 41.6 Å². The van der Waals surface area contributed by atoms with Gasteiger partial charge in [0.25, 0.3) is 0 Å². The maximum atomic E-state index is 3.52. The molecule has 21 heavy (non-hydrogen) atoms. The minimum absolute atomic E-state index is 0.159. The quantitative estimate of drug-likeness (QED) is 0.817. The van der Waals surface area contributed by atoms with Crippen molar-refractivity contribution in [2.24, 2.45) is 0 Å². The lowest BCUT2D eigenvalue weighted by atomic mass is 10.1. The highest BCUT2D eigenvalue weighted by molar-refractivity contribution is 7.99. The summed E-state index contributed by atoms with van der Waals surface area (Å²) < 4.78 is 0. The van der Waals surface area contributed by atoms with Crippen molar-refractivity contribution in [3.8, 4) is 0 Å². The molecule has 0 radical (unpaired) electrons. The predicted octanol–water partition coefficient (Wildman–Crippen LogP) is 5.34. The number of hydrogen-bond acceptors (Lipinski definition) is 2. The van der Waals surface area contributed by atoms with Gasteiger partial charge in [-0.3, -0.25) is 0 Å². The Morgan fingerprint density at radius 3 is 2.19 bits per heavy atom. The van der Waals surface area contributed by atoms with Crippen molar-refractivity contribution in [2.75, 3.05) is 0 Å². The molecule has 0 amide bonds.